The Morgan fingerprint density at radius 2 is 1.26 bits per heavy atom. The van der Waals surface area contributed by atoms with Gasteiger partial charge in [-0.1, -0.05) is 24.3 Å². The summed E-state index contributed by atoms with van der Waals surface area (Å²) >= 11 is 0. The van der Waals surface area contributed by atoms with Crippen LogP contribution < -0.4 is 5.73 Å². The normalized spacial score (nSPS) is 14.8. The van der Waals surface area contributed by atoms with E-state index in [0.717, 1.165) is 12.1 Å². The number of nitrogens with two attached hydrogens (primary N) is 1. The third-order valence-corrected chi connectivity index (χ3v) is 2.53. The molecule has 0 saturated carbocycles. The van der Waals surface area contributed by atoms with Gasteiger partial charge in [-0.05, 0) is 11.1 Å². The lowest BCUT2D eigenvalue weighted by Crippen LogP contribution is -2.34. The second kappa shape index (κ2) is 5.38. The largest absolute Gasteiger partial charge is 0.404 e. The van der Waals surface area contributed by atoms with E-state index in [1.807, 2.05) is 0 Å². The SMILES string of the molecule is NCC(O)c1ccc(C(C(F)(F)F)C(F)(F)F)cc1. The highest BCUT2D eigenvalue weighted by molar-refractivity contribution is 5.28. The zero-order valence-corrected chi connectivity index (χ0v) is 9.46. The van der Waals surface area contributed by atoms with Crippen LogP contribution in [0.5, 0.6) is 0 Å². The van der Waals surface area contributed by atoms with Crippen molar-refractivity contribution in [2.24, 2.45) is 5.73 Å². The lowest BCUT2D eigenvalue weighted by atomic mass is 9.96. The molecule has 2 nitrogen and oxygen atoms in total. The molecule has 19 heavy (non-hydrogen) atoms. The van der Waals surface area contributed by atoms with Gasteiger partial charge < -0.3 is 10.8 Å². The van der Waals surface area contributed by atoms with Crippen molar-refractivity contribution in [2.45, 2.75) is 24.4 Å². The number of aliphatic hydroxyl groups is 1. The average Bonchev–Trinajstić information content (AvgIpc) is 2.25. The van der Waals surface area contributed by atoms with E-state index in [1.54, 1.807) is 0 Å². The highest BCUT2D eigenvalue weighted by Gasteiger charge is 2.57. The second-order valence-corrected chi connectivity index (χ2v) is 3.93. The number of halogens is 6. The highest BCUT2D eigenvalue weighted by Crippen LogP contribution is 2.46. The molecule has 0 fully saturated rings. The average molecular weight is 287 g/mol. The summed E-state index contributed by atoms with van der Waals surface area (Å²) in [4.78, 5) is 0. The zero-order valence-electron chi connectivity index (χ0n) is 9.46. The van der Waals surface area contributed by atoms with E-state index in [0.29, 0.717) is 12.1 Å². The Labute approximate surface area is 104 Å². The van der Waals surface area contributed by atoms with Crippen LogP contribution in [0.4, 0.5) is 26.3 Å². The molecule has 1 rings (SSSR count). The summed E-state index contributed by atoms with van der Waals surface area (Å²) in [5, 5.41) is 9.31. The van der Waals surface area contributed by atoms with Gasteiger partial charge in [0.1, 0.15) is 0 Å². The van der Waals surface area contributed by atoms with E-state index >= 15 is 0 Å². The van der Waals surface area contributed by atoms with Gasteiger partial charge in [0, 0.05) is 6.54 Å². The predicted molar refractivity (Wildman–Crippen MR) is 55.3 cm³/mol. The van der Waals surface area contributed by atoms with Gasteiger partial charge in [0.25, 0.3) is 0 Å². The fourth-order valence-corrected chi connectivity index (χ4v) is 1.61. The molecule has 0 aliphatic rings. The number of hydrogen-bond acceptors (Lipinski definition) is 2. The predicted octanol–water partition coefficient (Wildman–Crippen LogP) is 2.89. The molecule has 1 aromatic carbocycles. The maximum atomic E-state index is 12.4. The van der Waals surface area contributed by atoms with E-state index in [-0.39, 0.29) is 12.1 Å². The van der Waals surface area contributed by atoms with Crippen LogP contribution in [0.2, 0.25) is 0 Å². The van der Waals surface area contributed by atoms with Crippen molar-refractivity contribution in [1.29, 1.82) is 0 Å². The van der Waals surface area contributed by atoms with Crippen molar-refractivity contribution in [3.8, 4) is 0 Å². The Kier molecular flexibility index (Phi) is 4.46. The van der Waals surface area contributed by atoms with Crippen molar-refractivity contribution < 1.29 is 31.4 Å². The number of alkyl halides is 6. The van der Waals surface area contributed by atoms with Crippen LogP contribution in [0.3, 0.4) is 0 Å². The van der Waals surface area contributed by atoms with Gasteiger partial charge in [-0.2, -0.15) is 26.3 Å². The van der Waals surface area contributed by atoms with Crippen molar-refractivity contribution >= 4 is 0 Å². The van der Waals surface area contributed by atoms with Crippen molar-refractivity contribution in [1.82, 2.24) is 0 Å². The van der Waals surface area contributed by atoms with Gasteiger partial charge in [-0.25, -0.2) is 0 Å². The first-order valence-electron chi connectivity index (χ1n) is 5.18. The molecule has 3 N–H and O–H groups in total. The summed E-state index contributed by atoms with van der Waals surface area (Å²) in [6.45, 7) is -0.179. The van der Waals surface area contributed by atoms with Crippen LogP contribution in [-0.4, -0.2) is 24.0 Å². The zero-order chi connectivity index (χ0) is 14.8. The first kappa shape index (κ1) is 15.8. The Morgan fingerprint density at radius 3 is 1.58 bits per heavy atom. The van der Waals surface area contributed by atoms with Gasteiger partial charge in [0.2, 0.25) is 0 Å². The van der Waals surface area contributed by atoms with Crippen LogP contribution >= 0.6 is 0 Å². The monoisotopic (exact) mass is 287 g/mol. The Hall–Kier alpha value is -1.28. The summed E-state index contributed by atoms with van der Waals surface area (Å²) < 4.78 is 74.6. The van der Waals surface area contributed by atoms with E-state index in [4.69, 9.17) is 5.73 Å². The summed E-state index contributed by atoms with van der Waals surface area (Å²) in [6.07, 6.45) is -12.0. The van der Waals surface area contributed by atoms with E-state index in [2.05, 4.69) is 0 Å². The molecule has 0 aliphatic carbocycles. The molecule has 1 atom stereocenters. The smallest absolute Gasteiger partial charge is 0.387 e. The van der Waals surface area contributed by atoms with Crippen LogP contribution in [0.1, 0.15) is 23.1 Å². The first-order chi connectivity index (χ1) is 8.57. The lowest BCUT2D eigenvalue weighted by Gasteiger charge is -2.23. The maximum Gasteiger partial charge on any atom is 0.404 e. The molecule has 0 heterocycles. The number of hydrogen-bond donors (Lipinski definition) is 2. The second-order valence-electron chi connectivity index (χ2n) is 3.93. The van der Waals surface area contributed by atoms with Gasteiger partial charge in [-0.3, -0.25) is 0 Å². The standard InChI is InChI=1S/C11H11F6NO/c12-10(13,14)9(11(15,16)17)7-3-1-6(2-4-7)8(19)5-18/h1-4,8-9,19H,5,18H2. The minimum atomic E-state index is -5.42. The third kappa shape index (κ3) is 3.84. The molecule has 0 aromatic heterocycles. The highest BCUT2D eigenvalue weighted by atomic mass is 19.4. The third-order valence-electron chi connectivity index (χ3n) is 2.53. The molecule has 1 unspecified atom stereocenters. The Morgan fingerprint density at radius 1 is 0.895 bits per heavy atom. The van der Waals surface area contributed by atoms with Crippen LogP contribution in [0, 0.1) is 0 Å². The molecule has 8 heteroatoms. The van der Waals surface area contributed by atoms with Crippen LogP contribution in [0.25, 0.3) is 0 Å². The van der Waals surface area contributed by atoms with Gasteiger partial charge in [0.15, 0.2) is 5.92 Å². The molecule has 0 bridgehead atoms. The molecular weight excluding hydrogens is 276 g/mol. The summed E-state index contributed by atoms with van der Waals surface area (Å²) in [5.74, 6) is -3.54. The molecule has 108 valence electrons. The Bertz CT molecular complexity index is 397. The van der Waals surface area contributed by atoms with Crippen molar-refractivity contribution in [3.63, 3.8) is 0 Å². The molecule has 0 radical (unpaired) electrons. The van der Waals surface area contributed by atoms with Crippen molar-refractivity contribution in [3.05, 3.63) is 35.4 Å². The summed E-state index contributed by atoms with van der Waals surface area (Å²) in [5.41, 5.74) is 4.37. The van der Waals surface area contributed by atoms with Gasteiger partial charge in [-0.15, -0.1) is 0 Å². The van der Waals surface area contributed by atoms with E-state index in [9.17, 15) is 31.4 Å². The molecule has 0 amide bonds. The Balaban J connectivity index is 3.12. The molecule has 0 spiro atoms. The number of aliphatic hydroxyl groups excluding tert-OH is 1. The quantitative estimate of drug-likeness (QED) is 0.840. The van der Waals surface area contributed by atoms with Crippen LogP contribution in [0.15, 0.2) is 24.3 Å². The summed E-state index contributed by atoms with van der Waals surface area (Å²) in [7, 11) is 0. The van der Waals surface area contributed by atoms with E-state index < -0.39 is 29.9 Å². The molecule has 1 aromatic rings. The maximum absolute atomic E-state index is 12.4. The van der Waals surface area contributed by atoms with Crippen molar-refractivity contribution in [2.75, 3.05) is 6.54 Å². The van der Waals surface area contributed by atoms with Crippen LogP contribution in [-0.2, 0) is 0 Å². The minimum absolute atomic E-state index is 0.161. The van der Waals surface area contributed by atoms with Gasteiger partial charge >= 0.3 is 12.4 Å². The fraction of sp³-hybridized carbons (Fsp3) is 0.455. The first-order valence-corrected chi connectivity index (χ1v) is 5.18. The summed E-state index contributed by atoms with van der Waals surface area (Å²) in [6, 6.07) is 3.38. The van der Waals surface area contributed by atoms with Gasteiger partial charge in [0.05, 0.1) is 6.10 Å². The topological polar surface area (TPSA) is 46.2 Å². The lowest BCUT2D eigenvalue weighted by molar-refractivity contribution is -0.253. The molecular formula is C11H11F6NO. The van der Waals surface area contributed by atoms with E-state index in [1.165, 1.54) is 0 Å². The minimum Gasteiger partial charge on any atom is -0.387 e. The number of benzene rings is 1. The number of rotatable bonds is 3. The fourth-order valence-electron chi connectivity index (χ4n) is 1.61. The molecule has 0 saturated heterocycles. The molecule has 0 aliphatic heterocycles.